The number of aromatic nitrogens is 1. The van der Waals surface area contributed by atoms with Gasteiger partial charge in [0.2, 0.25) is 0 Å². The SMILES string of the molecule is COc1cc(C(C)C=O)ccc1OCC(CN1CCC(c2noc3cc(F)ccc23)CC1)c1ccccc1. The van der Waals surface area contributed by atoms with Crippen molar-refractivity contribution in [3.63, 3.8) is 0 Å². The molecule has 0 amide bonds. The summed E-state index contributed by atoms with van der Waals surface area (Å²) in [5, 5.41) is 5.19. The average Bonchev–Trinajstić information content (AvgIpc) is 3.38. The molecular weight excluding hydrogens is 483 g/mol. The number of methoxy groups -OCH3 is 1. The molecule has 3 aromatic carbocycles. The van der Waals surface area contributed by atoms with Gasteiger partial charge in [0, 0.05) is 35.8 Å². The van der Waals surface area contributed by atoms with Gasteiger partial charge in [0.05, 0.1) is 19.4 Å². The molecule has 4 aromatic rings. The van der Waals surface area contributed by atoms with E-state index in [1.54, 1.807) is 13.2 Å². The third-order valence-electron chi connectivity index (χ3n) is 7.54. The van der Waals surface area contributed by atoms with Crippen molar-refractivity contribution in [3.05, 3.63) is 89.4 Å². The van der Waals surface area contributed by atoms with E-state index in [1.807, 2.05) is 31.2 Å². The van der Waals surface area contributed by atoms with Gasteiger partial charge in [-0.05, 0) is 61.3 Å². The zero-order valence-electron chi connectivity index (χ0n) is 21.8. The number of carbonyl (C=O) groups excluding carboxylic acids is 1. The number of likely N-dealkylation sites (tertiary alicyclic amines) is 1. The van der Waals surface area contributed by atoms with Gasteiger partial charge >= 0.3 is 0 Å². The summed E-state index contributed by atoms with van der Waals surface area (Å²) in [6, 6.07) is 20.7. The van der Waals surface area contributed by atoms with E-state index in [2.05, 4.69) is 34.3 Å². The van der Waals surface area contributed by atoms with E-state index in [1.165, 1.54) is 17.7 Å². The second-order valence-electron chi connectivity index (χ2n) is 10.0. The number of benzene rings is 3. The smallest absolute Gasteiger partial charge is 0.170 e. The van der Waals surface area contributed by atoms with Crippen LogP contribution >= 0.6 is 0 Å². The van der Waals surface area contributed by atoms with Crippen LogP contribution in [-0.4, -0.2) is 49.7 Å². The largest absolute Gasteiger partial charge is 0.493 e. The molecule has 0 N–H and O–H groups in total. The van der Waals surface area contributed by atoms with Gasteiger partial charge in [-0.2, -0.15) is 0 Å². The highest BCUT2D eigenvalue weighted by molar-refractivity contribution is 5.79. The van der Waals surface area contributed by atoms with Gasteiger partial charge in [-0.15, -0.1) is 0 Å². The molecule has 1 saturated heterocycles. The molecule has 1 aliphatic rings. The predicted octanol–water partition coefficient (Wildman–Crippen LogP) is 6.32. The molecule has 2 heterocycles. The van der Waals surface area contributed by atoms with Gasteiger partial charge < -0.3 is 23.7 Å². The second kappa shape index (κ2) is 11.8. The molecule has 6 nitrogen and oxygen atoms in total. The van der Waals surface area contributed by atoms with E-state index in [0.29, 0.717) is 29.6 Å². The standard InChI is InChI=1S/C31H33FN2O4/c1-21(19-35)24-8-11-28(30(16-24)36-2)37-20-25(22-6-4-3-5-7-22)18-34-14-12-23(13-15-34)31-27-10-9-26(32)17-29(27)38-33-31/h3-11,16-17,19,21,23,25H,12-15,18,20H2,1-2H3. The number of piperidine rings is 1. The Hall–Kier alpha value is -3.71. The van der Waals surface area contributed by atoms with Crippen molar-refractivity contribution in [1.82, 2.24) is 10.1 Å². The number of aldehydes is 1. The molecule has 198 valence electrons. The van der Waals surface area contributed by atoms with Crippen molar-refractivity contribution >= 4 is 17.3 Å². The topological polar surface area (TPSA) is 64.8 Å². The van der Waals surface area contributed by atoms with Gasteiger partial charge in [0.25, 0.3) is 0 Å². The summed E-state index contributed by atoms with van der Waals surface area (Å²) in [4.78, 5) is 13.7. The lowest BCUT2D eigenvalue weighted by Crippen LogP contribution is -2.37. The molecule has 1 aliphatic heterocycles. The van der Waals surface area contributed by atoms with Gasteiger partial charge in [-0.1, -0.05) is 48.5 Å². The van der Waals surface area contributed by atoms with Gasteiger partial charge in [0.1, 0.15) is 12.1 Å². The highest BCUT2D eigenvalue weighted by atomic mass is 19.1. The number of hydrogen-bond acceptors (Lipinski definition) is 6. The second-order valence-corrected chi connectivity index (χ2v) is 10.0. The minimum Gasteiger partial charge on any atom is -0.493 e. The van der Waals surface area contributed by atoms with E-state index in [-0.39, 0.29) is 17.7 Å². The molecule has 5 rings (SSSR count). The summed E-state index contributed by atoms with van der Waals surface area (Å²) in [5.41, 5.74) is 3.57. The van der Waals surface area contributed by atoms with Crippen molar-refractivity contribution in [3.8, 4) is 11.5 Å². The number of carbonyl (C=O) groups is 1. The molecule has 0 saturated carbocycles. The number of fused-ring (bicyclic) bond motifs is 1. The summed E-state index contributed by atoms with van der Waals surface area (Å²) in [6.07, 6.45) is 2.85. The summed E-state index contributed by atoms with van der Waals surface area (Å²) in [6.45, 7) is 5.10. The highest BCUT2D eigenvalue weighted by Crippen LogP contribution is 2.35. The summed E-state index contributed by atoms with van der Waals surface area (Å²) >= 11 is 0. The first-order valence-electron chi connectivity index (χ1n) is 13.1. The van der Waals surface area contributed by atoms with E-state index < -0.39 is 0 Å². The molecular formula is C31H33FN2O4. The summed E-state index contributed by atoms with van der Waals surface area (Å²) in [7, 11) is 1.62. The lowest BCUT2D eigenvalue weighted by Gasteiger charge is -2.34. The van der Waals surface area contributed by atoms with E-state index in [4.69, 9.17) is 14.0 Å². The quantitative estimate of drug-likeness (QED) is 0.230. The fourth-order valence-electron chi connectivity index (χ4n) is 5.26. The van der Waals surface area contributed by atoms with Crippen LogP contribution in [0.1, 0.15) is 54.3 Å². The van der Waals surface area contributed by atoms with Gasteiger partial charge in [-0.25, -0.2) is 4.39 Å². The van der Waals surface area contributed by atoms with Crippen molar-refractivity contribution in [2.45, 2.75) is 37.5 Å². The molecule has 0 spiro atoms. The predicted molar refractivity (Wildman–Crippen MR) is 145 cm³/mol. The van der Waals surface area contributed by atoms with E-state index in [9.17, 15) is 9.18 Å². The first-order chi connectivity index (χ1) is 18.6. The fraction of sp³-hybridized carbons (Fsp3) is 0.355. The van der Waals surface area contributed by atoms with Crippen molar-refractivity contribution in [2.75, 3.05) is 33.4 Å². The molecule has 2 unspecified atom stereocenters. The molecule has 1 aromatic heterocycles. The van der Waals surface area contributed by atoms with Crippen LogP contribution in [0.3, 0.4) is 0 Å². The van der Waals surface area contributed by atoms with Crippen LogP contribution in [0, 0.1) is 5.82 Å². The monoisotopic (exact) mass is 516 g/mol. The van der Waals surface area contributed by atoms with Crippen LogP contribution in [0.5, 0.6) is 11.5 Å². The maximum atomic E-state index is 13.6. The molecule has 0 aliphatic carbocycles. The number of hydrogen-bond donors (Lipinski definition) is 0. The van der Waals surface area contributed by atoms with Crippen LogP contribution in [0.4, 0.5) is 4.39 Å². The zero-order chi connectivity index (χ0) is 26.5. The van der Waals surface area contributed by atoms with Crippen LogP contribution < -0.4 is 9.47 Å². The van der Waals surface area contributed by atoms with Crippen molar-refractivity contribution in [1.29, 1.82) is 0 Å². The van der Waals surface area contributed by atoms with E-state index in [0.717, 1.165) is 55.4 Å². The van der Waals surface area contributed by atoms with Crippen molar-refractivity contribution < 1.29 is 23.2 Å². The number of rotatable bonds is 10. The average molecular weight is 517 g/mol. The Balaban J connectivity index is 1.25. The third-order valence-corrected chi connectivity index (χ3v) is 7.54. The van der Waals surface area contributed by atoms with E-state index >= 15 is 0 Å². The van der Waals surface area contributed by atoms with Crippen LogP contribution in [0.2, 0.25) is 0 Å². The fourth-order valence-corrected chi connectivity index (χ4v) is 5.26. The number of nitrogens with zero attached hydrogens (tertiary/aromatic N) is 2. The molecule has 38 heavy (non-hydrogen) atoms. The third kappa shape index (κ3) is 5.73. The number of halogens is 1. The Morgan fingerprint density at radius 3 is 2.58 bits per heavy atom. The zero-order valence-corrected chi connectivity index (χ0v) is 21.8. The Bertz CT molecular complexity index is 1370. The minimum absolute atomic E-state index is 0.168. The molecule has 0 bridgehead atoms. The van der Waals surface area contributed by atoms with Crippen LogP contribution in [0.25, 0.3) is 11.0 Å². The minimum atomic E-state index is -0.312. The molecule has 7 heteroatoms. The normalized spacial score (nSPS) is 16.3. The Kier molecular flexibility index (Phi) is 8.03. The summed E-state index contributed by atoms with van der Waals surface area (Å²) in [5.74, 6) is 1.25. The van der Waals surface area contributed by atoms with Crippen LogP contribution in [0.15, 0.2) is 71.3 Å². The highest BCUT2D eigenvalue weighted by Gasteiger charge is 2.27. The van der Waals surface area contributed by atoms with Gasteiger partial charge in [-0.3, -0.25) is 0 Å². The van der Waals surface area contributed by atoms with Gasteiger partial charge in [0.15, 0.2) is 17.1 Å². The number of ether oxygens (including phenoxy) is 2. The lowest BCUT2D eigenvalue weighted by atomic mass is 9.90. The lowest BCUT2D eigenvalue weighted by molar-refractivity contribution is -0.108. The Morgan fingerprint density at radius 2 is 1.84 bits per heavy atom. The Labute approximate surface area is 222 Å². The first-order valence-corrected chi connectivity index (χ1v) is 13.1. The molecule has 2 atom stereocenters. The maximum Gasteiger partial charge on any atom is 0.170 e. The molecule has 0 radical (unpaired) electrons. The molecule has 1 fully saturated rings. The summed E-state index contributed by atoms with van der Waals surface area (Å²) < 4.78 is 30.8. The Morgan fingerprint density at radius 1 is 1.05 bits per heavy atom. The maximum absolute atomic E-state index is 13.6. The van der Waals surface area contributed by atoms with Crippen molar-refractivity contribution in [2.24, 2.45) is 0 Å². The first kappa shape index (κ1) is 25.9. The van der Waals surface area contributed by atoms with Crippen LogP contribution in [-0.2, 0) is 4.79 Å².